The summed E-state index contributed by atoms with van der Waals surface area (Å²) >= 11 is 0. The van der Waals surface area contributed by atoms with Crippen LogP contribution in [0.15, 0.2) is 18.2 Å². The lowest BCUT2D eigenvalue weighted by molar-refractivity contribution is -0.142. The first-order chi connectivity index (χ1) is 10.5. The third-order valence-corrected chi connectivity index (χ3v) is 2.56. The molecule has 8 heteroatoms. The molecule has 0 saturated carbocycles. The maximum Gasteiger partial charge on any atom is 0.387 e. The second-order valence-corrected chi connectivity index (χ2v) is 4.06. The Kier molecular flexibility index (Phi) is 7.07. The molecule has 1 amide bonds. The van der Waals surface area contributed by atoms with Gasteiger partial charge in [0.2, 0.25) is 0 Å². The highest BCUT2D eigenvalue weighted by molar-refractivity contribution is 5.95. The van der Waals surface area contributed by atoms with Crippen molar-refractivity contribution in [2.24, 2.45) is 0 Å². The van der Waals surface area contributed by atoms with Crippen molar-refractivity contribution in [3.8, 4) is 11.5 Å². The largest absolute Gasteiger partial charge is 0.493 e. The maximum atomic E-state index is 12.3. The molecule has 1 N–H and O–H groups in total. The number of hydrogen-bond acceptors (Lipinski definition) is 5. The summed E-state index contributed by atoms with van der Waals surface area (Å²) in [5.41, 5.74) is 0.111. The van der Waals surface area contributed by atoms with Crippen LogP contribution in [0.2, 0.25) is 0 Å². The van der Waals surface area contributed by atoms with Gasteiger partial charge in [0.25, 0.3) is 5.91 Å². The number of halogens is 2. The van der Waals surface area contributed by atoms with Gasteiger partial charge < -0.3 is 19.5 Å². The van der Waals surface area contributed by atoms with Crippen LogP contribution >= 0.6 is 0 Å². The Morgan fingerprint density at radius 1 is 1.27 bits per heavy atom. The number of rotatable bonds is 8. The van der Waals surface area contributed by atoms with Crippen molar-refractivity contribution in [3.63, 3.8) is 0 Å². The Labute approximate surface area is 126 Å². The van der Waals surface area contributed by atoms with Gasteiger partial charge in [0.05, 0.1) is 20.1 Å². The van der Waals surface area contributed by atoms with Crippen molar-refractivity contribution in [2.45, 2.75) is 20.0 Å². The minimum atomic E-state index is -3.03. The van der Waals surface area contributed by atoms with E-state index in [0.29, 0.717) is 0 Å². The van der Waals surface area contributed by atoms with Gasteiger partial charge in [0, 0.05) is 12.1 Å². The number of amides is 1. The molecule has 0 aliphatic carbocycles. The molecule has 1 aromatic carbocycles. The minimum Gasteiger partial charge on any atom is -0.493 e. The van der Waals surface area contributed by atoms with E-state index in [0.717, 1.165) is 6.07 Å². The molecule has 0 heterocycles. The van der Waals surface area contributed by atoms with Crippen molar-refractivity contribution in [3.05, 3.63) is 23.8 Å². The summed E-state index contributed by atoms with van der Waals surface area (Å²) in [5, 5.41) is 2.48. The van der Waals surface area contributed by atoms with Crippen LogP contribution in [0, 0.1) is 0 Å². The first kappa shape index (κ1) is 17.7. The number of alkyl halides is 2. The van der Waals surface area contributed by atoms with Crippen LogP contribution < -0.4 is 14.8 Å². The zero-order valence-electron chi connectivity index (χ0n) is 12.2. The van der Waals surface area contributed by atoms with E-state index in [1.165, 1.54) is 19.2 Å². The fourth-order valence-corrected chi connectivity index (χ4v) is 1.62. The zero-order chi connectivity index (χ0) is 16.5. The highest BCUT2D eigenvalue weighted by atomic mass is 19.3. The zero-order valence-corrected chi connectivity index (χ0v) is 12.2. The molecule has 0 fully saturated rings. The van der Waals surface area contributed by atoms with Gasteiger partial charge in [0.15, 0.2) is 11.5 Å². The van der Waals surface area contributed by atoms with Crippen molar-refractivity contribution in [1.82, 2.24) is 5.32 Å². The first-order valence-corrected chi connectivity index (χ1v) is 6.54. The molecule has 0 radical (unpaired) electrons. The molecule has 1 rings (SSSR count). The van der Waals surface area contributed by atoms with Gasteiger partial charge >= 0.3 is 12.6 Å². The Morgan fingerprint density at radius 2 is 2.00 bits per heavy atom. The van der Waals surface area contributed by atoms with Crippen LogP contribution in [0.3, 0.4) is 0 Å². The number of benzene rings is 1. The number of hydrogen-bond donors (Lipinski definition) is 1. The van der Waals surface area contributed by atoms with E-state index in [1.54, 1.807) is 6.92 Å². The molecule has 0 spiro atoms. The lowest BCUT2D eigenvalue weighted by Crippen LogP contribution is -2.26. The van der Waals surface area contributed by atoms with Gasteiger partial charge in [-0.05, 0) is 25.1 Å². The van der Waals surface area contributed by atoms with Gasteiger partial charge in [-0.3, -0.25) is 9.59 Å². The maximum absolute atomic E-state index is 12.3. The predicted molar refractivity (Wildman–Crippen MR) is 73.2 cm³/mol. The molecule has 122 valence electrons. The number of methoxy groups -OCH3 is 1. The van der Waals surface area contributed by atoms with E-state index in [9.17, 15) is 18.4 Å². The number of esters is 1. The highest BCUT2D eigenvalue weighted by Gasteiger charge is 2.14. The monoisotopic (exact) mass is 317 g/mol. The van der Waals surface area contributed by atoms with Gasteiger partial charge in [-0.15, -0.1) is 0 Å². The summed E-state index contributed by atoms with van der Waals surface area (Å²) in [6.07, 6.45) is 0.0239. The van der Waals surface area contributed by atoms with Crippen molar-refractivity contribution in [2.75, 3.05) is 20.3 Å². The third kappa shape index (κ3) is 5.55. The topological polar surface area (TPSA) is 73.9 Å². The van der Waals surface area contributed by atoms with Gasteiger partial charge in [-0.2, -0.15) is 8.78 Å². The minimum absolute atomic E-state index is 0.0239. The molecule has 0 atom stereocenters. The Balaban J connectivity index is 2.67. The van der Waals surface area contributed by atoms with E-state index < -0.39 is 18.5 Å². The lowest BCUT2D eigenvalue weighted by Gasteiger charge is -2.11. The summed E-state index contributed by atoms with van der Waals surface area (Å²) in [4.78, 5) is 23.0. The Hall–Kier alpha value is -2.38. The smallest absolute Gasteiger partial charge is 0.387 e. The highest BCUT2D eigenvalue weighted by Crippen LogP contribution is 2.29. The van der Waals surface area contributed by atoms with E-state index in [1.807, 2.05) is 0 Å². The fraction of sp³-hybridized carbons (Fsp3) is 0.429. The summed E-state index contributed by atoms with van der Waals surface area (Å²) < 4.78 is 38.5. The van der Waals surface area contributed by atoms with Crippen LogP contribution in [0.5, 0.6) is 11.5 Å². The average Bonchev–Trinajstić information content (AvgIpc) is 2.46. The SMILES string of the molecule is CCOC(=O)CCNC(=O)c1ccc(OC)c(OC(F)F)c1. The molecule has 22 heavy (non-hydrogen) atoms. The van der Waals surface area contributed by atoms with Crippen LogP contribution in [0.1, 0.15) is 23.7 Å². The average molecular weight is 317 g/mol. The van der Waals surface area contributed by atoms with E-state index in [2.05, 4.69) is 10.1 Å². The Morgan fingerprint density at radius 3 is 2.59 bits per heavy atom. The second-order valence-electron chi connectivity index (χ2n) is 4.06. The lowest BCUT2D eigenvalue weighted by atomic mass is 10.2. The van der Waals surface area contributed by atoms with E-state index in [4.69, 9.17) is 9.47 Å². The van der Waals surface area contributed by atoms with Crippen LogP contribution in [-0.2, 0) is 9.53 Å². The summed E-state index contributed by atoms with van der Waals surface area (Å²) in [5.74, 6) is -1.11. The third-order valence-electron chi connectivity index (χ3n) is 2.56. The molecule has 1 aromatic rings. The molecule has 0 bridgehead atoms. The molecule has 0 saturated heterocycles. The van der Waals surface area contributed by atoms with Crippen LogP contribution in [0.25, 0.3) is 0 Å². The molecule has 0 aliphatic rings. The van der Waals surface area contributed by atoms with Gasteiger partial charge in [0.1, 0.15) is 0 Å². The quantitative estimate of drug-likeness (QED) is 0.742. The fourth-order valence-electron chi connectivity index (χ4n) is 1.62. The summed E-state index contributed by atoms with van der Waals surface area (Å²) in [6.45, 7) is -1.01. The van der Waals surface area contributed by atoms with Crippen molar-refractivity contribution >= 4 is 11.9 Å². The first-order valence-electron chi connectivity index (χ1n) is 6.54. The molecular weight excluding hydrogens is 300 g/mol. The molecular formula is C14H17F2NO5. The number of nitrogens with one attached hydrogen (secondary N) is 1. The molecule has 0 aliphatic heterocycles. The van der Waals surface area contributed by atoms with Gasteiger partial charge in [-0.1, -0.05) is 0 Å². The molecule has 0 aromatic heterocycles. The van der Waals surface area contributed by atoms with Crippen molar-refractivity contribution < 1.29 is 32.6 Å². The molecule has 6 nitrogen and oxygen atoms in total. The second kappa shape index (κ2) is 8.81. The Bertz CT molecular complexity index is 522. The van der Waals surface area contributed by atoms with Crippen LogP contribution in [-0.4, -0.2) is 38.7 Å². The van der Waals surface area contributed by atoms with Crippen molar-refractivity contribution in [1.29, 1.82) is 0 Å². The molecule has 0 unspecified atom stereocenters. The number of ether oxygens (including phenoxy) is 3. The van der Waals surface area contributed by atoms with Gasteiger partial charge in [-0.25, -0.2) is 0 Å². The normalized spacial score (nSPS) is 10.2. The standard InChI is InChI=1S/C14H17F2NO5/c1-3-21-12(18)6-7-17-13(19)9-4-5-10(20-2)11(8-9)22-14(15)16/h4-5,8,14H,3,6-7H2,1-2H3,(H,17,19). The number of carbonyl (C=O) groups excluding carboxylic acids is 2. The summed E-state index contributed by atoms with van der Waals surface area (Å²) in [6, 6.07) is 3.89. The van der Waals surface area contributed by atoms with Crippen LogP contribution in [0.4, 0.5) is 8.78 Å². The van der Waals surface area contributed by atoms with E-state index in [-0.39, 0.29) is 36.6 Å². The predicted octanol–water partition coefficient (Wildman–Crippen LogP) is 1.98. The van der Waals surface area contributed by atoms with E-state index >= 15 is 0 Å². The summed E-state index contributed by atoms with van der Waals surface area (Å²) in [7, 11) is 1.30. The number of carbonyl (C=O) groups is 2.